The molecule has 43 heavy (non-hydrogen) atoms. The molecule has 4 bridgehead atoms. The van der Waals surface area contributed by atoms with E-state index in [0.29, 0.717) is 6.04 Å². The fraction of sp³-hybridized carbons (Fsp3) is 0.514. The average Bonchev–Trinajstić information content (AvgIpc) is 3.79. The fourth-order valence-corrected chi connectivity index (χ4v) is 10.6. The summed E-state index contributed by atoms with van der Waals surface area (Å²) in [7, 11) is 3.73. The van der Waals surface area contributed by atoms with Crippen LogP contribution >= 0.6 is 0 Å². The number of benzene rings is 3. The maximum Gasteiger partial charge on any atom is 0.165 e. The van der Waals surface area contributed by atoms with Crippen molar-refractivity contribution in [2.45, 2.75) is 80.6 Å². The number of nitrogens with zero attached hydrogens (tertiary/aromatic N) is 1. The molecule has 5 fully saturated rings. The van der Waals surface area contributed by atoms with Crippen LogP contribution in [0.2, 0.25) is 0 Å². The average molecular weight is 578 g/mol. The zero-order valence-electron chi connectivity index (χ0n) is 25.4. The first-order chi connectivity index (χ1) is 21.0. The second-order valence-electron chi connectivity index (χ2n) is 14.3. The number of methoxy groups -OCH3 is 2. The summed E-state index contributed by atoms with van der Waals surface area (Å²) in [4.78, 5) is 2.91. The van der Waals surface area contributed by atoms with Gasteiger partial charge in [0.1, 0.15) is 11.7 Å². The van der Waals surface area contributed by atoms with Crippen molar-refractivity contribution in [1.29, 1.82) is 0 Å². The molecule has 3 aromatic rings. The van der Waals surface area contributed by atoms with Crippen LogP contribution in [0.1, 0.15) is 66.7 Å². The summed E-state index contributed by atoms with van der Waals surface area (Å²) in [5, 5.41) is 3.68. The van der Waals surface area contributed by atoms with E-state index < -0.39 is 0 Å². The van der Waals surface area contributed by atoms with Gasteiger partial charge in [0.25, 0.3) is 0 Å². The van der Waals surface area contributed by atoms with E-state index >= 15 is 0 Å². The van der Waals surface area contributed by atoms with E-state index in [2.05, 4.69) is 58.7 Å². The fourth-order valence-electron chi connectivity index (χ4n) is 10.6. The summed E-state index contributed by atoms with van der Waals surface area (Å²) < 4.78 is 20.0. The minimum absolute atomic E-state index is 0.0141. The number of hydrogen-bond acceptors (Lipinski definition) is 6. The van der Waals surface area contributed by atoms with Gasteiger partial charge in [-0.15, -0.1) is 0 Å². The molecular weight excluding hydrogens is 534 g/mol. The molecule has 0 radical (unpaired) electrons. The Morgan fingerprint density at radius 3 is 2.67 bits per heavy atom. The van der Waals surface area contributed by atoms with Crippen molar-refractivity contribution in [3.8, 4) is 11.5 Å². The molecule has 7 aliphatic rings. The van der Waals surface area contributed by atoms with Gasteiger partial charge in [-0.05, 0) is 104 Å². The standard InChI is InChI=1S/C37H43N3O3/c1-41-30-13-10-26-19-31-35-14-15-37(42-2,34-36(35,32(26)33(30)43-34)16-17-40(31)22-24-6-7-24)29(20-35)25-4-3-5-28(18-25)39-21-23-8-11-27(38)12-9-23/h3-5,8-13,18,24,29,31,34,39H,6-7,14-17,19-22,38H2,1-2H3/t29-,31-,34-,35-,36+,37-/m1/s1. The van der Waals surface area contributed by atoms with E-state index in [4.69, 9.17) is 19.9 Å². The third kappa shape index (κ3) is 3.42. The Balaban J connectivity index is 1.14. The number of fused-ring (bicyclic) bond motifs is 2. The largest absolute Gasteiger partial charge is 0.493 e. The number of ether oxygens (including phenoxy) is 3. The molecule has 3 aromatic carbocycles. The van der Waals surface area contributed by atoms with Crippen molar-refractivity contribution in [3.63, 3.8) is 0 Å². The maximum atomic E-state index is 7.25. The van der Waals surface area contributed by atoms with Crippen LogP contribution in [-0.4, -0.2) is 50.0 Å². The first-order valence-electron chi connectivity index (χ1n) is 16.4. The Hall–Kier alpha value is -3.22. The maximum absolute atomic E-state index is 7.25. The molecule has 6 nitrogen and oxygen atoms in total. The third-order valence-corrected chi connectivity index (χ3v) is 12.6. The van der Waals surface area contributed by atoms with Gasteiger partial charge in [-0.25, -0.2) is 0 Å². The normalized spacial score (nSPS) is 34.9. The summed E-state index contributed by atoms with van der Waals surface area (Å²) in [5.74, 6) is 3.03. The summed E-state index contributed by atoms with van der Waals surface area (Å²) in [5.41, 5.74) is 13.1. The van der Waals surface area contributed by atoms with E-state index in [1.54, 1.807) is 7.11 Å². The number of nitrogens with one attached hydrogen (secondary N) is 1. The Kier molecular flexibility index (Phi) is 5.58. The van der Waals surface area contributed by atoms with Gasteiger partial charge in [-0.3, -0.25) is 4.90 Å². The lowest BCUT2D eigenvalue weighted by molar-refractivity contribution is -0.261. The lowest BCUT2D eigenvalue weighted by Gasteiger charge is -2.74. The van der Waals surface area contributed by atoms with Crippen molar-refractivity contribution in [2.24, 2.45) is 11.3 Å². The first-order valence-corrected chi connectivity index (χ1v) is 16.4. The molecular formula is C37H43N3O3. The van der Waals surface area contributed by atoms with Gasteiger partial charge in [0.15, 0.2) is 11.5 Å². The lowest BCUT2D eigenvalue weighted by Crippen LogP contribution is -2.80. The molecule has 4 saturated carbocycles. The summed E-state index contributed by atoms with van der Waals surface area (Å²) >= 11 is 0. The van der Waals surface area contributed by atoms with Gasteiger partial charge in [0, 0.05) is 59.9 Å². The quantitative estimate of drug-likeness (QED) is 0.307. The van der Waals surface area contributed by atoms with Crippen LogP contribution in [0.5, 0.6) is 11.5 Å². The highest BCUT2D eigenvalue weighted by molar-refractivity contribution is 5.64. The minimum Gasteiger partial charge on any atom is -0.493 e. The molecule has 0 amide bonds. The molecule has 2 heterocycles. The predicted octanol–water partition coefficient (Wildman–Crippen LogP) is 6.28. The van der Waals surface area contributed by atoms with E-state index in [0.717, 1.165) is 67.6 Å². The van der Waals surface area contributed by atoms with Gasteiger partial charge >= 0.3 is 0 Å². The van der Waals surface area contributed by atoms with E-state index in [9.17, 15) is 0 Å². The molecule has 2 spiro atoms. The SMILES string of the molecule is COc1ccc2c3c1O[C@H]1[C@@]4(OC)CC[C@@]5(C[C@@H]4c4cccc(NCc6ccc(N)cc6)c4)[C@@H](C2)N(CC2CC2)CC[C@]315. The summed E-state index contributed by atoms with van der Waals surface area (Å²) in [6, 6.07) is 22.3. The van der Waals surface area contributed by atoms with Crippen LogP contribution in [-0.2, 0) is 23.1 Å². The highest BCUT2D eigenvalue weighted by atomic mass is 16.6. The molecule has 1 saturated heterocycles. The molecule has 224 valence electrons. The Morgan fingerprint density at radius 1 is 1.02 bits per heavy atom. The molecule has 6 atom stereocenters. The Bertz CT molecular complexity index is 1590. The van der Waals surface area contributed by atoms with Gasteiger partial charge in [-0.2, -0.15) is 0 Å². The summed E-state index contributed by atoms with van der Waals surface area (Å²) in [6.07, 6.45) is 8.43. The van der Waals surface area contributed by atoms with Crippen LogP contribution < -0.4 is 20.5 Å². The third-order valence-electron chi connectivity index (χ3n) is 12.6. The van der Waals surface area contributed by atoms with Crippen LogP contribution in [0.15, 0.2) is 60.7 Å². The molecule has 2 aliphatic heterocycles. The van der Waals surface area contributed by atoms with Crippen molar-refractivity contribution in [3.05, 3.63) is 82.9 Å². The van der Waals surface area contributed by atoms with Gasteiger partial charge in [0.05, 0.1) is 7.11 Å². The van der Waals surface area contributed by atoms with Gasteiger partial charge in [-0.1, -0.05) is 30.3 Å². The van der Waals surface area contributed by atoms with Crippen molar-refractivity contribution in [1.82, 2.24) is 4.90 Å². The number of anilines is 2. The Morgan fingerprint density at radius 2 is 1.88 bits per heavy atom. The molecule has 5 aliphatic carbocycles. The van der Waals surface area contributed by atoms with Gasteiger partial charge in [0.2, 0.25) is 0 Å². The van der Waals surface area contributed by atoms with E-state index in [1.807, 2.05) is 19.2 Å². The van der Waals surface area contributed by atoms with Crippen LogP contribution in [0.25, 0.3) is 0 Å². The monoisotopic (exact) mass is 577 g/mol. The highest BCUT2D eigenvalue weighted by Gasteiger charge is 2.80. The van der Waals surface area contributed by atoms with Crippen molar-refractivity contribution in [2.75, 3.05) is 38.4 Å². The molecule has 0 aromatic heterocycles. The van der Waals surface area contributed by atoms with Crippen molar-refractivity contribution >= 4 is 11.4 Å². The number of likely N-dealkylation sites (tertiary alicyclic amines) is 1. The zero-order valence-corrected chi connectivity index (χ0v) is 25.4. The Labute approximate surface area is 254 Å². The number of nitrogen functional groups attached to an aromatic ring is 1. The topological polar surface area (TPSA) is 69.0 Å². The van der Waals surface area contributed by atoms with Crippen LogP contribution in [0, 0.1) is 11.3 Å². The zero-order chi connectivity index (χ0) is 29.0. The second kappa shape index (κ2) is 9.15. The molecule has 6 heteroatoms. The number of nitrogens with two attached hydrogens (primary N) is 1. The lowest BCUT2D eigenvalue weighted by atomic mass is 9.34. The van der Waals surface area contributed by atoms with Crippen molar-refractivity contribution < 1.29 is 14.2 Å². The highest BCUT2D eigenvalue weighted by Crippen LogP contribution is 2.78. The van der Waals surface area contributed by atoms with E-state index in [1.165, 1.54) is 48.1 Å². The number of piperidine rings is 1. The molecule has 0 unspecified atom stereocenters. The van der Waals surface area contributed by atoms with Gasteiger partial charge < -0.3 is 25.3 Å². The smallest absolute Gasteiger partial charge is 0.165 e. The summed E-state index contributed by atoms with van der Waals surface area (Å²) in [6.45, 7) is 3.18. The second-order valence-corrected chi connectivity index (χ2v) is 14.3. The predicted molar refractivity (Wildman–Crippen MR) is 169 cm³/mol. The van der Waals surface area contributed by atoms with E-state index in [-0.39, 0.29) is 28.5 Å². The number of rotatable bonds is 8. The first kappa shape index (κ1) is 26.2. The molecule has 3 N–H and O–H groups in total. The minimum atomic E-state index is -0.390. The number of hydrogen-bond donors (Lipinski definition) is 2. The molecule has 10 rings (SSSR count). The van der Waals surface area contributed by atoms with Crippen LogP contribution in [0.3, 0.4) is 0 Å². The van der Waals surface area contributed by atoms with Crippen LogP contribution in [0.4, 0.5) is 11.4 Å².